The minimum atomic E-state index is -4.53. The van der Waals surface area contributed by atoms with E-state index in [4.69, 9.17) is 16.3 Å². The number of carbonyl (C=O) groups is 1. The Labute approximate surface area is 160 Å². The Kier molecular flexibility index (Phi) is 7.24. The number of benzene rings is 2. The summed E-state index contributed by atoms with van der Waals surface area (Å²) in [7, 11) is 1.56. The van der Waals surface area contributed by atoms with Crippen molar-refractivity contribution in [1.29, 1.82) is 0 Å². The van der Waals surface area contributed by atoms with Crippen molar-refractivity contribution in [2.75, 3.05) is 19.0 Å². The lowest BCUT2D eigenvalue weighted by Gasteiger charge is -2.20. The molecule has 0 aliphatic heterocycles. The smallest absolute Gasteiger partial charge is 0.379 e. The molecule has 2 atom stereocenters. The molecule has 0 aromatic heterocycles. The van der Waals surface area contributed by atoms with Crippen LogP contribution in [0.2, 0.25) is 5.02 Å². The number of carbonyl (C=O) groups excluding carboxylic acids is 1. The van der Waals surface area contributed by atoms with Crippen LogP contribution in [0.5, 0.6) is 0 Å². The van der Waals surface area contributed by atoms with Crippen molar-refractivity contribution < 1.29 is 28.0 Å². The van der Waals surface area contributed by atoms with Gasteiger partial charge >= 0.3 is 6.18 Å². The molecular weight excluding hydrogens is 381 g/mol. The van der Waals surface area contributed by atoms with Gasteiger partial charge in [-0.25, -0.2) is 0 Å². The molecule has 0 bridgehead atoms. The van der Waals surface area contributed by atoms with Crippen LogP contribution in [0, 0.1) is 0 Å². The maximum Gasteiger partial charge on any atom is 0.416 e. The Bertz CT molecular complexity index is 769. The van der Waals surface area contributed by atoms with E-state index in [1.54, 1.807) is 36.7 Å². The van der Waals surface area contributed by atoms with Crippen LogP contribution in [0.3, 0.4) is 0 Å². The molecule has 27 heavy (non-hydrogen) atoms. The number of nitrogens with one attached hydrogen (secondary N) is 1. The van der Waals surface area contributed by atoms with E-state index < -0.39 is 23.7 Å². The van der Waals surface area contributed by atoms with Crippen LogP contribution in [-0.2, 0) is 15.7 Å². The monoisotopic (exact) mass is 401 g/mol. The third-order valence-electron chi connectivity index (χ3n) is 3.94. The van der Waals surface area contributed by atoms with Gasteiger partial charge < -0.3 is 15.4 Å². The van der Waals surface area contributed by atoms with E-state index in [2.05, 4.69) is 5.32 Å². The largest absolute Gasteiger partial charge is 0.416 e. The number of alkyl halides is 3. The molecule has 0 saturated carbocycles. The van der Waals surface area contributed by atoms with Gasteiger partial charge in [0, 0.05) is 12.7 Å². The maximum absolute atomic E-state index is 12.9. The molecule has 2 aromatic rings. The molecule has 2 aromatic carbocycles. The number of nitrogens with two attached hydrogens (primary N) is 1. The van der Waals surface area contributed by atoms with E-state index in [0.717, 1.165) is 23.8 Å². The first-order valence-electron chi connectivity index (χ1n) is 8.29. The minimum Gasteiger partial charge on any atom is -0.379 e. The lowest BCUT2D eigenvalue weighted by atomic mass is 10.0. The van der Waals surface area contributed by atoms with Crippen LogP contribution in [0.15, 0.2) is 48.5 Å². The number of hydrogen-bond donors (Lipinski definition) is 2. The lowest BCUT2D eigenvalue weighted by Crippen LogP contribution is -2.92. The molecule has 2 rings (SSSR count). The summed E-state index contributed by atoms with van der Waals surface area (Å²) in [4.78, 5) is 12.8. The van der Waals surface area contributed by atoms with Crippen LogP contribution in [0.25, 0.3) is 0 Å². The average Bonchev–Trinajstić information content (AvgIpc) is 2.61. The lowest BCUT2D eigenvalue weighted by molar-refractivity contribution is -0.713. The number of anilines is 1. The summed E-state index contributed by atoms with van der Waals surface area (Å²) < 4.78 is 43.9. The maximum atomic E-state index is 12.9. The van der Waals surface area contributed by atoms with Crippen LogP contribution >= 0.6 is 11.6 Å². The standard InChI is InChI=1S/C19H20ClF3N2O2/c1-12(11-27-2)24-17(13-6-4-3-5-7-13)18(26)25-16-10-14(19(21,22)23)8-9-15(16)20/h3-10,12,17,24H,11H2,1-2H3,(H,25,26)/p+1/t12-,17-/m1/s1. The minimum absolute atomic E-state index is 0.0353. The molecule has 0 heterocycles. The average molecular weight is 402 g/mol. The van der Waals surface area contributed by atoms with E-state index in [9.17, 15) is 18.0 Å². The van der Waals surface area contributed by atoms with E-state index in [-0.39, 0.29) is 16.8 Å². The molecule has 0 fully saturated rings. The van der Waals surface area contributed by atoms with Crippen LogP contribution in [0.4, 0.5) is 18.9 Å². The molecule has 0 aliphatic carbocycles. The van der Waals surface area contributed by atoms with Gasteiger partial charge in [-0.15, -0.1) is 0 Å². The Morgan fingerprint density at radius 3 is 2.48 bits per heavy atom. The zero-order valence-electron chi connectivity index (χ0n) is 14.9. The number of halogens is 4. The third-order valence-corrected chi connectivity index (χ3v) is 4.27. The molecule has 146 valence electrons. The van der Waals surface area contributed by atoms with Gasteiger partial charge in [0.1, 0.15) is 6.04 Å². The third kappa shape index (κ3) is 5.95. The second kappa shape index (κ2) is 9.21. The molecule has 0 aliphatic rings. The summed E-state index contributed by atoms with van der Waals surface area (Å²) in [6, 6.07) is 11.1. The van der Waals surface area contributed by atoms with Crippen molar-refractivity contribution in [2.45, 2.75) is 25.2 Å². The molecule has 0 unspecified atom stereocenters. The van der Waals surface area contributed by atoms with Crippen LogP contribution in [-0.4, -0.2) is 25.7 Å². The van der Waals surface area contributed by atoms with Gasteiger partial charge in [0.2, 0.25) is 0 Å². The zero-order valence-corrected chi connectivity index (χ0v) is 15.6. The second-order valence-corrected chi connectivity index (χ2v) is 6.60. The number of hydrogen-bond acceptors (Lipinski definition) is 2. The van der Waals surface area contributed by atoms with Crippen LogP contribution in [0.1, 0.15) is 24.1 Å². The first-order valence-corrected chi connectivity index (χ1v) is 8.66. The molecule has 3 N–H and O–H groups in total. The first kappa shape index (κ1) is 21.2. The van der Waals surface area contributed by atoms with Gasteiger partial charge in [0.15, 0.2) is 6.04 Å². The van der Waals surface area contributed by atoms with E-state index in [1.807, 2.05) is 13.0 Å². The summed E-state index contributed by atoms with van der Waals surface area (Å²) in [5.74, 6) is -0.467. The Morgan fingerprint density at radius 2 is 1.89 bits per heavy atom. The number of methoxy groups -OCH3 is 1. The summed E-state index contributed by atoms with van der Waals surface area (Å²) >= 11 is 5.98. The number of rotatable bonds is 7. The number of quaternary nitrogens is 1. The van der Waals surface area contributed by atoms with E-state index in [0.29, 0.717) is 6.61 Å². The van der Waals surface area contributed by atoms with E-state index in [1.165, 1.54) is 0 Å². The van der Waals surface area contributed by atoms with Gasteiger partial charge in [-0.1, -0.05) is 41.9 Å². The van der Waals surface area contributed by atoms with Crippen molar-refractivity contribution in [1.82, 2.24) is 0 Å². The van der Waals surface area contributed by atoms with Crippen molar-refractivity contribution >= 4 is 23.2 Å². The molecular formula is C19H21ClF3N2O2+. The number of ether oxygens (including phenoxy) is 1. The highest BCUT2D eigenvalue weighted by Gasteiger charge is 2.32. The van der Waals surface area contributed by atoms with Crippen molar-refractivity contribution in [3.05, 3.63) is 64.7 Å². The van der Waals surface area contributed by atoms with E-state index >= 15 is 0 Å². The fraction of sp³-hybridized carbons (Fsp3) is 0.316. The summed E-state index contributed by atoms with van der Waals surface area (Å²) in [6.07, 6.45) is -4.53. The highest BCUT2D eigenvalue weighted by atomic mass is 35.5. The van der Waals surface area contributed by atoms with Crippen molar-refractivity contribution in [3.8, 4) is 0 Å². The van der Waals surface area contributed by atoms with Gasteiger partial charge in [-0.2, -0.15) is 13.2 Å². The summed E-state index contributed by atoms with van der Waals surface area (Å²) in [6.45, 7) is 2.31. The van der Waals surface area contributed by atoms with Gasteiger partial charge in [0.25, 0.3) is 5.91 Å². The van der Waals surface area contributed by atoms with Crippen molar-refractivity contribution in [2.24, 2.45) is 0 Å². The molecule has 0 saturated heterocycles. The normalized spacial score (nSPS) is 13.9. The molecule has 0 spiro atoms. The summed E-state index contributed by atoms with van der Waals surface area (Å²) in [5, 5.41) is 4.36. The van der Waals surface area contributed by atoms with Crippen LogP contribution < -0.4 is 10.6 Å². The quantitative estimate of drug-likeness (QED) is 0.744. The fourth-order valence-electron chi connectivity index (χ4n) is 2.67. The highest BCUT2D eigenvalue weighted by molar-refractivity contribution is 6.33. The first-order chi connectivity index (χ1) is 12.7. The number of amides is 1. The van der Waals surface area contributed by atoms with Gasteiger partial charge in [-0.05, 0) is 25.1 Å². The second-order valence-electron chi connectivity index (χ2n) is 6.20. The SMILES string of the molecule is COC[C@@H](C)[NH2+][C@@H](C(=O)Nc1cc(C(F)(F)F)ccc1Cl)c1ccccc1. The summed E-state index contributed by atoms with van der Waals surface area (Å²) in [5.41, 5.74) is -0.235. The Balaban J connectivity index is 2.28. The molecule has 4 nitrogen and oxygen atoms in total. The topological polar surface area (TPSA) is 54.9 Å². The fourth-order valence-corrected chi connectivity index (χ4v) is 2.83. The van der Waals surface area contributed by atoms with Crippen molar-refractivity contribution in [3.63, 3.8) is 0 Å². The molecule has 0 radical (unpaired) electrons. The zero-order chi connectivity index (χ0) is 20.0. The van der Waals surface area contributed by atoms with Gasteiger partial charge in [0.05, 0.1) is 22.9 Å². The molecule has 1 amide bonds. The predicted molar refractivity (Wildman–Crippen MR) is 97.5 cm³/mol. The van der Waals surface area contributed by atoms with Gasteiger partial charge in [-0.3, -0.25) is 4.79 Å². The Morgan fingerprint density at radius 1 is 1.22 bits per heavy atom. The highest BCUT2D eigenvalue weighted by Crippen LogP contribution is 2.34. The predicted octanol–water partition coefficient (Wildman–Crippen LogP) is 3.64. The molecule has 8 heteroatoms. The Hall–Kier alpha value is -2.09.